The number of nitrogens with one attached hydrogen (secondary N) is 1. The van der Waals surface area contributed by atoms with E-state index in [4.69, 9.17) is 0 Å². The summed E-state index contributed by atoms with van der Waals surface area (Å²) in [6.07, 6.45) is 0. The third kappa shape index (κ3) is 2.58. The molecule has 1 aromatic heterocycles. The van der Waals surface area contributed by atoms with Crippen molar-refractivity contribution in [1.82, 2.24) is 4.98 Å². The van der Waals surface area contributed by atoms with Gasteiger partial charge >= 0.3 is 0 Å². The first-order valence-corrected chi connectivity index (χ1v) is 6.47. The molecule has 1 heterocycles. The predicted molar refractivity (Wildman–Crippen MR) is 80.2 cm³/mol. The molecule has 2 aromatic carbocycles. The van der Waals surface area contributed by atoms with E-state index in [2.05, 4.69) is 52.8 Å². The van der Waals surface area contributed by atoms with E-state index in [-0.39, 0.29) is 0 Å². The molecular formula is C17H16N2. The zero-order valence-electron chi connectivity index (χ0n) is 10.9. The normalized spacial score (nSPS) is 10.6. The monoisotopic (exact) mass is 248 g/mol. The Morgan fingerprint density at radius 1 is 0.895 bits per heavy atom. The van der Waals surface area contributed by atoms with E-state index in [1.54, 1.807) is 0 Å². The van der Waals surface area contributed by atoms with Gasteiger partial charge in [0, 0.05) is 12.2 Å². The van der Waals surface area contributed by atoms with Crippen molar-refractivity contribution in [1.29, 1.82) is 0 Å². The van der Waals surface area contributed by atoms with Gasteiger partial charge in [-0.05, 0) is 35.4 Å². The first-order chi connectivity index (χ1) is 9.33. The number of aromatic nitrogens is 1. The van der Waals surface area contributed by atoms with Crippen LogP contribution in [0.3, 0.4) is 0 Å². The fraction of sp³-hybridized carbons (Fsp3) is 0.118. The topological polar surface area (TPSA) is 24.9 Å². The van der Waals surface area contributed by atoms with Crippen molar-refractivity contribution in [3.05, 3.63) is 71.9 Å². The third-order valence-electron chi connectivity index (χ3n) is 3.23. The molecule has 94 valence electrons. The summed E-state index contributed by atoms with van der Waals surface area (Å²) in [6.45, 7) is 2.79. The Kier molecular flexibility index (Phi) is 3.15. The average molecular weight is 248 g/mol. The Bertz CT molecular complexity index is 699. The van der Waals surface area contributed by atoms with Crippen molar-refractivity contribution >= 4 is 16.6 Å². The van der Waals surface area contributed by atoms with Crippen molar-refractivity contribution < 1.29 is 0 Å². The minimum Gasteiger partial charge on any atom is -0.366 e. The van der Waals surface area contributed by atoms with Crippen LogP contribution in [0.25, 0.3) is 10.8 Å². The fourth-order valence-electron chi connectivity index (χ4n) is 2.27. The zero-order valence-corrected chi connectivity index (χ0v) is 10.9. The van der Waals surface area contributed by atoms with E-state index in [1.807, 2.05) is 25.1 Å². The Balaban J connectivity index is 1.86. The molecule has 0 amide bonds. The fourth-order valence-corrected chi connectivity index (χ4v) is 2.27. The lowest BCUT2D eigenvalue weighted by Gasteiger charge is -2.09. The Morgan fingerprint density at radius 3 is 2.58 bits per heavy atom. The van der Waals surface area contributed by atoms with Crippen molar-refractivity contribution in [2.45, 2.75) is 13.5 Å². The standard InChI is InChI=1S/C17H16N2/c1-13-6-4-11-17(19-13)18-12-15-9-5-8-14-7-2-3-10-16(14)15/h2-11H,12H2,1H3,(H,18,19). The summed E-state index contributed by atoms with van der Waals surface area (Å²) in [5.41, 5.74) is 2.32. The highest BCUT2D eigenvalue weighted by Crippen LogP contribution is 2.19. The van der Waals surface area contributed by atoms with Gasteiger partial charge in [0.25, 0.3) is 0 Å². The second-order valence-corrected chi connectivity index (χ2v) is 4.66. The van der Waals surface area contributed by atoms with E-state index >= 15 is 0 Å². The lowest BCUT2D eigenvalue weighted by Crippen LogP contribution is -2.02. The number of pyridine rings is 1. The molecule has 3 aromatic rings. The molecule has 3 rings (SSSR count). The number of hydrogen-bond acceptors (Lipinski definition) is 2. The van der Waals surface area contributed by atoms with Crippen LogP contribution >= 0.6 is 0 Å². The number of anilines is 1. The van der Waals surface area contributed by atoms with E-state index in [0.717, 1.165) is 18.1 Å². The lowest BCUT2D eigenvalue weighted by molar-refractivity contribution is 1.10. The summed E-state index contributed by atoms with van der Waals surface area (Å²) in [6, 6.07) is 20.9. The molecule has 0 unspecified atom stereocenters. The summed E-state index contributed by atoms with van der Waals surface area (Å²) in [7, 11) is 0. The highest BCUT2D eigenvalue weighted by atomic mass is 15.0. The molecule has 19 heavy (non-hydrogen) atoms. The SMILES string of the molecule is Cc1cccc(NCc2cccc3ccccc23)n1. The minimum atomic E-state index is 0.789. The van der Waals surface area contributed by atoms with Gasteiger partial charge in [-0.1, -0.05) is 48.5 Å². The second-order valence-electron chi connectivity index (χ2n) is 4.66. The minimum absolute atomic E-state index is 0.789. The maximum atomic E-state index is 4.46. The lowest BCUT2D eigenvalue weighted by atomic mass is 10.0. The molecule has 0 aliphatic rings. The first-order valence-electron chi connectivity index (χ1n) is 6.47. The molecule has 0 atom stereocenters. The van der Waals surface area contributed by atoms with Crippen LogP contribution in [0.15, 0.2) is 60.7 Å². The molecule has 0 aliphatic carbocycles. The maximum Gasteiger partial charge on any atom is 0.126 e. The van der Waals surface area contributed by atoms with Crippen molar-refractivity contribution in [3.63, 3.8) is 0 Å². The molecule has 0 bridgehead atoms. The number of hydrogen-bond donors (Lipinski definition) is 1. The van der Waals surface area contributed by atoms with Gasteiger partial charge < -0.3 is 5.32 Å². The molecule has 1 N–H and O–H groups in total. The van der Waals surface area contributed by atoms with Gasteiger partial charge in [-0.2, -0.15) is 0 Å². The quantitative estimate of drug-likeness (QED) is 0.753. The smallest absolute Gasteiger partial charge is 0.126 e. The van der Waals surface area contributed by atoms with Gasteiger partial charge in [0.05, 0.1) is 0 Å². The molecule has 2 heteroatoms. The van der Waals surface area contributed by atoms with Crippen LogP contribution in [-0.4, -0.2) is 4.98 Å². The van der Waals surface area contributed by atoms with Crippen molar-refractivity contribution in [2.24, 2.45) is 0 Å². The van der Waals surface area contributed by atoms with E-state index < -0.39 is 0 Å². The summed E-state index contributed by atoms with van der Waals surface area (Å²) in [5.74, 6) is 0.924. The summed E-state index contributed by atoms with van der Waals surface area (Å²) in [5, 5.41) is 5.96. The second kappa shape index (κ2) is 5.11. The zero-order chi connectivity index (χ0) is 13.1. The molecule has 0 saturated carbocycles. The molecule has 0 radical (unpaired) electrons. The molecule has 0 fully saturated rings. The summed E-state index contributed by atoms with van der Waals surface area (Å²) >= 11 is 0. The third-order valence-corrected chi connectivity index (χ3v) is 3.23. The van der Waals surface area contributed by atoms with Crippen LogP contribution in [0.1, 0.15) is 11.3 Å². The van der Waals surface area contributed by atoms with Gasteiger partial charge in [0.1, 0.15) is 5.82 Å². The summed E-state index contributed by atoms with van der Waals surface area (Å²) < 4.78 is 0. The largest absolute Gasteiger partial charge is 0.366 e. The van der Waals surface area contributed by atoms with Gasteiger partial charge in [-0.25, -0.2) is 4.98 Å². The van der Waals surface area contributed by atoms with Crippen LogP contribution in [-0.2, 0) is 6.54 Å². The van der Waals surface area contributed by atoms with Crippen LogP contribution < -0.4 is 5.32 Å². The van der Waals surface area contributed by atoms with Crippen LogP contribution in [0.4, 0.5) is 5.82 Å². The van der Waals surface area contributed by atoms with Crippen LogP contribution in [0, 0.1) is 6.92 Å². The number of fused-ring (bicyclic) bond motifs is 1. The van der Waals surface area contributed by atoms with Crippen LogP contribution in [0.5, 0.6) is 0 Å². The van der Waals surface area contributed by atoms with Crippen molar-refractivity contribution in [3.8, 4) is 0 Å². The van der Waals surface area contributed by atoms with Gasteiger partial charge in [-0.15, -0.1) is 0 Å². The van der Waals surface area contributed by atoms with E-state index in [1.165, 1.54) is 16.3 Å². The Morgan fingerprint density at radius 2 is 1.68 bits per heavy atom. The van der Waals surface area contributed by atoms with Gasteiger partial charge in [0.2, 0.25) is 0 Å². The molecular weight excluding hydrogens is 232 g/mol. The molecule has 2 nitrogen and oxygen atoms in total. The molecule has 0 saturated heterocycles. The number of aryl methyl sites for hydroxylation is 1. The molecule has 0 aliphatic heterocycles. The van der Waals surface area contributed by atoms with Crippen LogP contribution in [0.2, 0.25) is 0 Å². The number of rotatable bonds is 3. The first kappa shape index (κ1) is 11.7. The maximum absolute atomic E-state index is 4.46. The Labute approximate surface area is 113 Å². The number of nitrogens with zero attached hydrogens (tertiary/aromatic N) is 1. The highest BCUT2D eigenvalue weighted by molar-refractivity contribution is 5.85. The highest BCUT2D eigenvalue weighted by Gasteiger charge is 2.00. The molecule has 0 spiro atoms. The Hall–Kier alpha value is -2.35. The summed E-state index contributed by atoms with van der Waals surface area (Å²) in [4.78, 5) is 4.46. The average Bonchev–Trinajstić information content (AvgIpc) is 2.45. The van der Waals surface area contributed by atoms with E-state index in [9.17, 15) is 0 Å². The van der Waals surface area contributed by atoms with Gasteiger partial charge in [0.15, 0.2) is 0 Å². The predicted octanol–water partition coefficient (Wildman–Crippen LogP) is 4.16. The number of benzene rings is 2. The van der Waals surface area contributed by atoms with Gasteiger partial charge in [-0.3, -0.25) is 0 Å². The van der Waals surface area contributed by atoms with E-state index in [0.29, 0.717) is 0 Å². The van der Waals surface area contributed by atoms with Crippen molar-refractivity contribution in [2.75, 3.05) is 5.32 Å².